The fraction of sp³-hybridized carbons (Fsp3) is 0.600. The number of aliphatic hydroxyl groups is 2. The molecule has 1 aliphatic heterocycles. The summed E-state index contributed by atoms with van der Waals surface area (Å²) < 4.78 is 12.4. The van der Waals surface area contributed by atoms with Crippen molar-refractivity contribution in [2.24, 2.45) is 0 Å². The number of hydrogen-bond donors (Lipinski definition) is 3. The number of aromatic nitrogens is 4. The maximum Gasteiger partial charge on any atom is 0.413 e. The zero-order valence-electron chi connectivity index (χ0n) is 14.5. The predicted octanol–water partition coefficient (Wildman–Crippen LogP) is 1.47. The Balaban J connectivity index is 1.91. The Labute approximate surface area is 154 Å². The zero-order valence-corrected chi connectivity index (χ0v) is 15.3. The second kappa shape index (κ2) is 6.95. The fourth-order valence-electron chi connectivity index (χ4n) is 2.64. The van der Waals surface area contributed by atoms with Crippen molar-refractivity contribution in [1.29, 1.82) is 0 Å². The van der Waals surface area contributed by atoms with Crippen LogP contribution in [0.3, 0.4) is 0 Å². The first-order valence-corrected chi connectivity index (χ1v) is 8.40. The molecule has 11 heteroatoms. The number of imidazole rings is 1. The van der Waals surface area contributed by atoms with Crippen molar-refractivity contribution in [1.82, 2.24) is 19.5 Å². The number of aliphatic hydroxyl groups excluding tert-OH is 2. The molecule has 26 heavy (non-hydrogen) atoms. The summed E-state index contributed by atoms with van der Waals surface area (Å²) in [5, 5.41) is 21.6. The minimum absolute atomic E-state index is 0.0948. The average molecular weight is 386 g/mol. The molecule has 0 spiro atoms. The van der Waals surface area contributed by atoms with Gasteiger partial charge >= 0.3 is 6.09 Å². The van der Waals surface area contributed by atoms with E-state index in [2.05, 4.69) is 20.3 Å². The standard InChI is InChI=1S/C15H20ClN5O5/c1-15(2,3)26-14(24)19-11-10-12(20-13(16)18-11)21(6-17-10)9-4-7(23)8(5-22)25-9/h6-9,22-23H,4-5H2,1-3H3,(H,18,19,20,24)/t7?,8-,9-/m1/s1. The van der Waals surface area contributed by atoms with Crippen molar-refractivity contribution >= 4 is 34.7 Å². The summed E-state index contributed by atoms with van der Waals surface area (Å²) in [5.41, 5.74) is -0.0513. The van der Waals surface area contributed by atoms with E-state index in [1.165, 1.54) is 6.33 Å². The highest BCUT2D eigenvalue weighted by atomic mass is 35.5. The van der Waals surface area contributed by atoms with Gasteiger partial charge in [0.1, 0.15) is 17.9 Å². The summed E-state index contributed by atoms with van der Waals surface area (Å²) in [4.78, 5) is 24.4. The van der Waals surface area contributed by atoms with Crippen LogP contribution >= 0.6 is 11.6 Å². The van der Waals surface area contributed by atoms with Crippen LogP contribution in [0.25, 0.3) is 11.2 Å². The molecular formula is C15H20ClN5O5. The number of carbonyl (C=O) groups is 1. The molecule has 0 bridgehead atoms. The highest BCUT2D eigenvalue weighted by Crippen LogP contribution is 2.32. The van der Waals surface area contributed by atoms with Gasteiger partial charge < -0.3 is 19.7 Å². The number of carbonyl (C=O) groups excluding carboxylic acids is 1. The highest BCUT2D eigenvalue weighted by molar-refractivity contribution is 6.28. The molecule has 10 nitrogen and oxygen atoms in total. The second-order valence-corrected chi connectivity index (χ2v) is 7.25. The Morgan fingerprint density at radius 1 is 1.50 bits per heavy atom. The summed E-state index contributed by atoms with van der Waals surface area (Å²) in [7, 11) is 0. The largest absolute Gasteiger partial charge is 0.444 e. The number of rotatable bonds is 3. The van der Waals surface area contributed by atoms with Gasteiger partial charge in [-0.05, 0) is 32.4 Å². The molecule has 0 saturated carbocycles. The molecule has 3 rings (SSSR count). The molecule has 1 aliphatic rings. The minimum atomic E-state index is -0.806. The van der Waals surface area contributed by atoms with Crippen molar-refractivity contribution in [2.45, 2.75) is 51.2 Å². The fourth-order valence-corrected chi connectivity index (χ4v) is 2.80. The van der Waals surface area contributed by atoms with E-state index in [1.54, 1.807) is 25.3 Å². The highest BCUT2D eigenvalue weighted by Gasteiger charge is 2.35. The molecule has 1 saturated heterocycles. The minimum Gasteiger partial charge on any atom is -0.444 e. The number of nitrogens with zero attached hydrogens (tertiary/aromatic N) is 4. The lowest BCUT2D eigenvalue weighted by atomic mass is 10.2. The van der Waals surface area contributed by atoms with Crippen LogP contribution in [0, 0.1) is 0 Å². The summed E-state index contributed by atoms with van der Waals surface area (Å²) >= 11 is 5.97. The average Bonchev–Trinajstić information content (AvgIpc) is 3.08. The van der Waals surface area contributed by atoms with Crippen LogP contribution in [0.4, 0.5) is 10.6 Å². The zero-order chi connectivity index (χ0) is 19.1. The van der Waals surface area contributed by atoms with E-state index < -0.39 is 30.1 Å². The summed E-state index contributed by atoms with van der Waals surface area (Å²) in [6.45, 7) is 4.92. The van der Waals surface area contributed by atoms with Crippen LogP contribution in [0.15, 0.2) is 6.33 Å². The van der Waals surface area contributed by atoms with Crippen molar-refractivity contribution < 1.29 is 24.5 Å². The third kappa shape index (κ3) is 3.88. The smallest absolute Gasteiger partial charge is 0.413 e. The molecular weight excluding hydrogens is 366 g/mol. The van der Waals surface area contributed by atoms with E-state index >= 15 is 0 Å². The van der Waals surface area contributed by atoms with E-state index in [-0.39, 0.29) is 24.1 Å². The predicted molar refractivity (Wildman–Crippen MR) is 91.8 cm³/mol. The van der Waals surface area contributed by atoms with Gasteiger partial charge in [0.25, 0.3) is 0 Å². The van der Waals surface area contributed by atoms with Gasteiger partial charge in [0.15, 0.2) is 17.0 Å². The van der Waals surface area contributed by atoms with Gasteiger partial charge in [-0.15, -0.1) is 0 Å². The molecule has 1 unspecified atom stereocenters. The molecule has 142 valence electrons. The normalized spacial score (nSPS) is 23.4. The topological polar surface area (TPSA) is 132 Å². The van der Waals surface area contributed by atoms with Crippen LogP contribution in [0.2, 0.25) is 5.28 Å². The number of fused-ring (bicyclic) bond motifs is 1. The summed E-state index contributed by atoms with van der Waals surface area (Å²) in [5.74, 6) is 0.102. The molecule has 0 aromatic carbocycles. The van der Waals surface area contributed by atoms with Crippen molar-refractivity contribution in [3.8, 4) is 0 Å². The van der Waals surface area contributed by atoms with Crippen LogP contribution in [0.5, 0.6) is 0 Å². The Bertz CT molecular complexity index is 821. The maximum atomic E-state index is 12.0. The van der Waals surface area contributed by atoms with E-state index in [9.17, 15) is 15.0 Å². The molecule has 1 fully saturated rings. The molecule has 3 heterocycles. The van der Waals surface area contributed by atoms with Gasteiger partial charge in [-0.25, -0.2) is 9.78 Å². The van der Waals surface area contributed by atoms with Crippen LogP contribution < -0.4 is 5.32 Å². The van der Waals surface area contributed by atoms with Gasteiger partial charge in [-0.3, -0.25) is 9.88 Å². The first-order valence-electron chi connectivity index (χ1n) is 8.02. The molecule has 3 N–H and O–H groups in total. The van der Waals surface area contributed by atoms with Crippen molar-refractivity contribution in [3.05, 3.63) is 11.6 Å². The van der Waals surface area contributed by atoms with Crippen molar-refractivity contribution in [3.63, 3.8) is 0 Å². The first kappa shape index (κ1) is 18.8. The summed E-state index contributed by atoms with van der Waals surface area (Å²) in [6, 6.07) is 0. The number of anilines is 1. The Kier molecular flexibility index (Phi) is 5.02. The Morgan fingerprint density at radius 2 is 2.23 bits per heavy atom. The van der Waals surface area contributed by atoms with Crippen LogP contribution in [0.1, 0.15) is 33.4 Å². The molecule has 3 atom stereocenters. The van der Waals surface area contributed by atoms with Gasteiger partial charge in [-0.2, -0.15) is 9.97 Å². The lowest BCUT2D eigenvalue weighted by Crippen LogP contribution is -2.27. The third-order valence-electron chi connectivity index (χ3n) is 3.71. The van der Waals surface area contributed by atoms with E-state index in [0.717, 1.165) is 0 Å². The van der Waals surface area contributed by atoms with Gasteiger partial charge in [0.05, 0.1) is 19.0 Å². The quantitative estimate of drug-likeness (QED) is 0.676. The number of amides is 1. The number of ether oxygens (including phenoxy) is 2. The Morgan fingerprint density at radius 3 is 2.85 bits per heavy atom. The van der Waals surface area contributed by atoms with E-state index in [0.29, 0.717) is 11.2 Å². The first-order chi connectivity index (χ1) is 12.2. The van der Waals surface area contributed by atoms with Crippen molar-refractivity contribution in [2.75, 3.05) is 11.9 Å². The number of halogens is 1. The lowest BCUT2D eigenvalue weighted by molar-refractivity contribution is -0.0432. The lowest BCUT2D eigenvalue weighted by Gasteiger charge is -2.19. The van der Waals surface area contributed by atoms with Gasteiger partial charge in [-0.1, -0.05) is 0 Å². The van der Waals surface area contributed by atoms with Crippen LogP contribution in [-0.4, -0.2) is 60.2 Å². The molecule has 2 aromatic rings. The number of nitrogens with one attached hydrogen (secondary N) is 1. The van der Waals surface area contributed by atoms with E-state index in [4.69, 9.17) is 21.1 Å². The Hall–Kier alpha value is -2.01. The molecule has 1 amide bonds. The monoisotopic (exact) mass is 385 g/mol. The van der Waals surface area contributed by atoms with Gasteiger partial charge in [0, 0.05) is 6.42 Å². The maximum absolute atomic E-state index is 12.0. The summed E-state index contributed by atoms with van der Waals surface area (Å²) in [6.07, 6.45) is -1.06. The number of hydrogen-bond acceptors (Lipinski definition) is 8. The molecule has 0 radical (unpaired) electrons. The third-order valence-corrected chi connectivity index (χ3v) is 3.88. The molecule has 0 aliphatic carbocycles. The second-order valence-electron chi connectivity index (χ2n) is 6.91. The van der Waals surface area contributed by atoms with Crippen LogP contribution in [-0.2, 0) is 9.47 Å². The molecule has 2 aromatic heterocycles. The van der Waals surface area contributed by atoms with E-state index in [1.807, 2.05) is 0 Å². The van der Waals surface area contributed by atoms with Gasteiger partial charge in [0.2, 0.25) is 5.28 Å². The SMILES string of the molecule is CC(C)(C)OC(=O)Nc1nc(Cl)nc2c1ncn2[C@H]1CC(O)[C@@H](CO)O1.